The quantitative estimate of drug-likeness (QED) is 0.397. The molecule has 0 saturated heterocycles. The molecule has 0 unspecified atom stereocenters. The van der Waals surface area contributed by atoms with Crippen LogP contribution in [-0.2, 0) is 0 Å². The molecular weight excluding hydrogens is 418 g/mol. The summed E-state index contributed by atoms with van der Waals surface area (Å²) in [5.41, 5.74) is 3.99. The van der Waals surface area contributed by atoms with Gasteiger partial charge in [0.1, 0.15) is 0 Å². The van der Waals surface area contributed by atoms with Crippen molar-refractivity contribution in [3.05, 3.63) is 127 Å². The number of rotatable bonds is 5. The first-order valence-electron chi connectivity index (χ1n) is 9.37. The minimum Gasteiger partial charge on any atom is -0.355 e. The van der Waals surface area contributed by atoms with Gasteiger partial charge in [-0.05, 0) is 59.2 Å². The fourth-order valence-corrected chi connectivity index (χ4v) is 3.68. The number of nitro benzene ring substituents is 2. The van der Waals surface area contributed by atoms with Gasteiger partial charge in [-0.3, -0.25) is 20.2 Å². The summed E-state index contributed by atoms with van der Waals surface area (Å²) >= 11 is 6.43. The lowest BCUT2D eigenvalue weighted by atomic mass is 9.91. The molecule has 31 heavy (non-hydrogen) atoms. The number of hydrogen-bond acceptors (Lipinski definition) is 5. The Bertz CT molecular complexity index is 1140. The van der Waals surface area contributed by atoms with Gasteiger partial charge < -0.3 is 5.32 Å². The summed E-state index contributed by atoms with van der Waals surface area (Å²) in [5.74, 6) is -0.162. The molecule has 1 aliphatic rings. The molecular formula is C23H16ClN3O4. The van der Waals surface area contributed by atoms with E-state index < -0.39 is 9.85 Å². The SMILES string of the molecule is O=[N+]([O-])c1ccc(C2=CC(c3ccccc3Cl)C=C(c3ccc([N+](=O)[O-])cc3)N2)cc1. The summed E-state index contributed by atoms with van der Waals surface area (Å²) in [6.07, 6.45) is 3.99. The maximum absolute atomic E-state index is 11.0. The molecule has 0 bridgehead atoms. The van der Waals surface area contributed by atoms with E-state index in [9.17, 15) is 20.2 Å². The molecule has 3 aromatic rings. The molecule has 0 radical (unpaired) electrons. The van der Waals surface area contributed by atoms with Crippen LogP contribution in [0, 0.1) is 20.2 Å². The monoisotopic (exact) mass is 433 g/mol. The van der Waals surface area contributed by atoms with E-state index >= 15 is 0 Å². The number of non-ortho nitro benzene ring substituents is 2. The second-order valence-electron chi connectivity index (χ2n) is 6.94. The average molecular weight is 434 g/mol. The Morgan fingerprint density at radius 3 is 1.58 bits per heavy atom. The lowest BCUT2D eigenvalue weighted by Gasteiger charge is -2.24. The number of halogens is 1. The third-order valence-electron chi connectivity index (χ3n) is 5.00. The molecule has 0 saturated carbocycles. The van der Waals surface area contributed by atoms with Gasteiger partial charge in [-0.2, -0.15) is 0 Å². The number of hydrogen-bond donors (Lipinski definition) is 1. The van der Waals surface area contributed by atoms with E-state index in [1.807, 2.05) is 36.4 Å². The van der Waals surface area contributed by atoms with Gasteiger partial charge in [0.2, 0.25) is 0 Å². The van der Waals surface area contributed by atoms with E-state index in [4.69, 9.17) is 11.6 Å². The van der Waals surface area contributed by atoms with E-state index in [0.29, 0.717) is 5.02 Å². The van der Waals surface area contributed by atoms with Crippen LogP contribution < -0.4 is 5.32 Å². The molecule has 1 N–H and O–H groups in total. The van der Waals surface area contributed by atoms with Crippen molar-refractivity contribution in [2.75, 3.05) is 0 Å². The van der Waals surface area contributed by atoms with Crippen LogP contribution in [-0.4, -0.2) is 9.85 Å². The fraction of sp³-hybridized carbons (Fsp3) is 0.0435. The maximum atomic E-state index is 11.0. The first-order valence-corrected chi connectivity index (χ1v) is 9.75. The summed E-state index contributed by atoms with van der Waals surface area (Å²) in [6, 6.07) is 20.0. The van der Waals surface area contributed by atoms with E-state index in [-0.39, 0.29) is 17.3 Å². The lowest BCUT2D eigenvalue weighted by Crippen LogP contribution is -2.17. The van der Waals surface area contributed by atoms with Crippen LogP contribution in [0.2, 0.25) is 5.02 Å². The normalized spacial score (nSPS) is 13.7. The molecule has 0 spiro atoms. The third-order valence-corrected chi connectivity index (χ3v) is 5.35. The third kappa shape index (κ3) is 4.31. The molecule has 0 fully saturated rings. The van der Waals surface area contributed by atoms with Crippen molar-refractivity contribution in [1.29, 1.82) is 0 Å². The van der Waals surface area contributed by atoms with Crippen LogP contribution >= 0.6 is 11.6 Å². The largest absolute Gasteiger partial charge is 0.355 e. The summed E-state index contributed by atoms with van der Waals surface area (Å²) < 4.78 is 0. The van der Waals surface area contributed by atoms with E-state index in [2.05, 4.69) is 5.32 Å². The smallest absolute Gasteiger partial charge is 0.269 e. The summed E-state index contributed by atoms with van der Waals surface area (Å²) in [4.78, 5) is 21.1. The summed E-state index contributed by atoms with van der Waals surface area (Å²) in [5, 5.41) is 25.9. The Morgan fingerprint density at radius 2 is 1.16 bits per heavy atom. The fourth-order valence-electron chi connectivity index (χ4n) is 3.42. The van der Waals surface area contributed by atoms with Crippen molar-refractivity contribution >= 4 is 34.4 Å². The van der Waals surface area contributed by atoms with Crippen LogP contribution in [0.25, 0.3) is 11.4 Å². The molecule has 4 rings (SSSR count). The second-order valence-corrected chi connectivity index (χ2v) is 7.35. The number of dihydropyridines is 1. The molecule has 0 aliphatic carbocycles. The van der Waals surface area contributed by atoms with Gasteiger partial charge in [0.05, 0.1) is 9.85 Å². The van der Waals surface area contributed by atoms with Crippen LogP contribution in [0.1, 0.15) is 22.6 Å². The zero-order chi connectivity index (χ0) is 22.0. The van der Waals surface area contributed by atoms with Gasteiger partial charge in [0.15, 0.2) is 0 Å². The highest BCUT2D eigenvalue weighted by atomic mass is 35.5. The summed E-state index contributed by atoms with van der Waals surface area (Å²) in [6.45, 7) is 0. The Kier molecular flexibility index (Phi) is 5.51. The molecule has 1 heterocycles. The van der Waals surface area contributed by atoms with Gasteiger partial charge in [-0.25, -0.2) is 0 Å². The Balaban J connectivity index is 1.76. The van der Waals surface area contributed by atoms with Crippen LogP contribution in [0.3, 0.4) is 0 Å². The number of nitrogens with one attached hydrogen (secondary N) is 1. The lowest BCUT2D eigenvalue weighted by molar-refractivity contribution is -0.385. The number of nitrogens with zero attached hydrogens (tertiary/aromatic N) is 2. The first kappa shape index (κ1) is 20.3. The number of benzene rings is 3. The zero-order valence-corrected chi connectivity index (χ0v) is 16.8. The van der Waals surface area contributed by atoms with Crippen molar-refractivity contribution in [2.24, 2.45) is 0 Å². The molecule has 7 nitrogen and oxygen atoms in total. The van der Waals surface area contributed by atoms with Crippen LogP contribution in [0.4, 0.5) is 11.4 Å². The Morgan fingerprint density at radius 1 is 0.710 bits per heavy atom. The summed E-state index contributed by atoms with van der Waals surface area (Å²) in [7, 11) is 0. The Labute approximate surface area is 182 Å². The Hall–Kier alpha value is -3.97. The average Bonchev–Trinajstić information content (AvgIpc) is 2.79. The molecule has 0 atom stereocenters. The highest BCUT2D eigenvalue weighted by molar-refractivity contribution is 6.31. The second kappa shape index (κ2) is 8.41. The molecule has 3 aromatic carbocycles. The van der Waals surface area contributed by atoms with Gasteiger partial charge in [0, 0.05) is 46.6 Å². The molecule has 0 amide bonds. The van der Waals surface area contributed by atoms with Crippen molar-refractivity contribution in [3.8, 4) is 0 Å². The van der Waals surface area contributed by atoms with Gasteiger partial charge in [-0.1, -0.05) is 29.8 Å². The van der Waals surface area contributed by atoms with Crippen molar-refractivity contribution in [3.63, 3.8) is 0 Å². The predicted molar refractivity (Wildman–Crippen MR) is 119 cm³/mol. The van der Waals surface area contributed by atoms with Crippen molar-refractivity contribution < 1.29 is 9.85 Å². The van der Waals surface area contributed by atoms with Crippen LogP contribution in [0.15, 0.2) is 84.9 Å². The molecule has 1 aliphatic heterocycles. The molecule has 0 aromatic heterocycles. The van der Waals surface area contributed by atoms with Gasteiger partial charge in [0.25, 0.3) is 11.4 Å². The van der Waals surface area contributed by atoms with E-state index in [0.717, 1.165) is 28.1 Å². The predicted octanol–water partition coefficient (Wildman–Crippen LogP) is 5.93. The topological polar surface area (TPSA) is 98.3 Å². The van der Waals surface area contributed by atoms with Gasteiger partial charge in [-0.15, -0.1) is 0 Å². The maximum Gasteiger partial charge on any atom is 0.269 e. The van der Waals surface area contributed by atoms with Crippen molar-refractivity contribution in [1.82, 2.24) is 5.32 Å². The minimum atomic E-state index is -0.443. The molecule has 154 valence electrons. The molecule has 8 heteroatoms. The minimum absolute atomic E-state index is 0.00828. The van der Waals surface area contributed by atoms with Crippen LogP contribution in [0.5, 0.6) is 0 Å². The standard InChI is InChI=1S/C23H16ClN3O4/c24-21-4-2-1-3-20(21)17-13-22(15-5-9-18(10-6-15)26(28)29)25-23(14-17)16-7-11-19(12-8-16)27(30)31/h1-14,17,25H. The first-order chi connectivity index (χ1) is 14.9. The van der Waals surface area contributed by atoms with Gasteiger partial charge >= 0.3 is 0 Å². The number of allylic oxidation sites excluding steroid dienone is 2. The van der Waals surface area contributed by atoms with E-state index in [1.54, 1.807) is 24.3 Å². The highest BCUT2D eigenvalue weighted by Crippen LogP contribution is 2.35. The zero-order valence-electron chi connectivity index (χ0n) is 16.1. The van der Waals surface area contributed by atoms with E-state index in [1.165, 1.54) is 24.3 Å². The van der Waals surface area contributed by atoms with Crippen molar-refractivity contribution in [2.45, 2.75) is 5.92 Å². The number of nitro groups is 2. The highest BCUT2D eigenvalue weighted by Gasteiger charge is 2.20.